The maximum Gasteiger partial charge on any atom is 0.261 e. The number of amides is 1. The van der Waals surface area contributed by atoms with Crippen LogP contribution < -0.4 is 10.0 Å². The highest BCUT2D eigenvalue weighted by molar-refractivity contribution is 7.92. The molecule has 9 heteroatoms. The Morgan fingerprint density at radius 1 is 1.00 bits per heavy atom. The van der Waals surface area contributed by atoms with E-state index in [4.69, 9.17) is 11.6 Å². The Bertz CT molecular complexity index is 1230. The molecule has 166 valence electrons. The second-order valence-electron chi connectivity index (χ2n) is 8.02. The van der Waals surface area contributed by atoms with Gasteiger partial charge in [-0.3, -0.25) is 9.52 Å². The van der Waals surface area contributed by atoms with E-state index in [-0.39, 0.29) is 16.2 Å². The number of para-hydroxylation sites is 1. The van der Waals surface area contributed by atoms with Gasteiger partial charge in [0.05, 0.1) is 33.7 Å². The normalized spacial score (nSPS) is 12.0. The van der Waals surface area contributed by atoms with Gasteiger partial charge < -0.3 is 5.32 Å². The minimum absolute atomic E-state index is 0.0788. The summed E-state index contributed by atoms with van der Waals surface area (Å²) in [4.78, 5) is 20.8. The molecular weight excluding hydrogens is 448 g/mol. The summed E-state index contributed by atoms with van der Waals surface area (Å²) in [7, 11) is -3.79. The summed E-state index contributed by atoms with van der Waals surface area (Å²) in [6, 6.07) is 12.7. The lowest BCUT2D eigenvalue weighted by molar-refractivity contribution is -0.111. The molecule has 0 fully saturated rings. The average Bonchev–Trinajstić information content (AvgIpc) is 2.74. The first-order valence-electron chi connectivity index (χ1n) is 9.74. The van der Waals surface area contributed by atoms with Crippen LogP contribution in [-0.2, 0) is 20.2 Å². The van der Waals surface area contributed by atoms with Gasteiger partial charge in [0, 0.05) is 11.5 Å². The average molecular weight is 471 g/mol. The standard InChI is InChI=1S/C23H23ClN4O3S/c1-23(2,3)22-25-14-17(15-26-22)27-21(29)13-10-16-8-11-18(12-9-16)32(30,31)28-20-7-5-4-6-19(20)24/h4-15,28H,1-3H3,(H,27,29)/b13-10+. The molecule has 0 aliphatic carbocycles. The summed E-state index contributed by atoms with van der Waals surface area (Å²) in [5.41, 5.74) is 1.27. The van der Waals surface area contributed by atoms with Gasteiger partial charge in [-0.1, -0.05) is 56.6 Å². The van der Waals surface area contributed by atoms with Crippen LogP contribution in [0.5, 0.6) is 0 Å². The number of benzene rings is 2. The fraction of sp³-hybridized carbons (Fsp3) is 0.174. The Morgan fingerprint density at radius 3 is 2.22 bits per heavy atom. The van der Waals surface area contributed by atoms with Gasteiger partial charge in [-0.05, 0) is 35.9 Å². The molecule has 2 N–H and O–H groups in total. The lowest BCUT2D eigenvalue weighted by atomic mass is 9.96. The maximum atomic E-state index is 12.6. The molecule has 7 nitrogen and oxygen atoms in total. The number of rotatable bonds is 6. The number of sulfonamides is 1. The molecule has 0 saturated carbocycles. The Hall–Kier alpha value is -3.23. The molecule has 0 unspecified atom stereocenters. The van der Waals surface area contributed by atoms with Crippen molar-refractivity contribution < 1.29 is 13.2 Å². The number of anilines is 2. The molecule has 0 aliphatic heterocycles. The first-order chi connectivity index (χ1) is 15.0. The van der Waals surface area contributed by atoms with Gasteiger partial charge >= 0.3 is 0 Å². The topological polar surface area (TPSA) is 101 Å². The van der Waals surface area contributed by atoms with Crippen LogP contribution in [0.15, 0.2) is 71.9 Å². The maximum absolute atomic E-state index is 12.6. The molecule has 0 saturated heterocycles. The highest BCUT2D eigenvalue weighted by atomic mass is 35.5. The fourth-order valence-electron chi connectivity index (χ4n) is 2.64. The van der Waals surface area contributed by atoms with Gasteiger partial charge in [0.15, 0.2) is 0 Å². The molecule has 0 radical (unpaired) electrons. The van der Waals surface area contributed by atoms with Gasteiger partial charge in [-0.15, -0.1) is 0 Å². The largest absolute Gasteiger partial charge is 0.320 e. The van der Waals surface area contributed by atoms with Gasteiger partial charge in [0.1, 0.15) is 5.82 Å². The number of halogens is 1. The number of hydrogen-bond donors (Lipinski definition) is 2. The summed E-state index contributed by atoms with van der Waals surface area (Å²) >= 11 is 6.02. The Labute approximate surface area is 192 Å². The highest BCUT2D eigenvalue weighted by Crippen LogP contribution is 2.24. The molecule has 2 aromatic carbocycles. The molecule has 0 aliphatic rings. The third kappa shape index (κ3) is 6.15. The highest BCUT2D eigenvalue weighted by Gasteiger charge is 2.17. The summed E-state index contributed by atoms with van der Waals surface area (Å²) in [6.45, 7) is 6.02. The zero-order chi connectivity index (χ0) is 23.4. The van der Waals surface area contributed by atoms with Gasteiger partial charge in [-0.2, -0.15) is 0 Å². The molecular formula is C23H23ClN4O3S. The van der Waals surface area contributed by atoms with Gasteiger partial charge in [0.25, 0.3) is 10.0 Å². The number of carbonyl (C=O) groups excluding carboxylic acids is 1. The van der Waals surface area contributed by atoms with E-state index >= 15 is 0 Å². The lowest BCUT2D eigenvalue weighted by Crippen LogP contribution is -2.16. The predicted octanol–water partition coefficient (Wildman–Crippen LogP) is 4.88. The third-order valence-corrected chi connectivity index (χ3v) is 6.04. The molecule has 32 heavy (non-hydrogen) atoms. The number of nitrogens with zero attached hydrogens (tertiary/aromatic N) is 2. The molecule has 3 rings (SSSR count). The van der Waals surface area contributed by atoms with Crippen LogP contribution in [0.25, 0.3) is 6.08 Å². The SMILES string of the molecule is CC(C)(C)c1ncc(NC(=O)/C=C/c2ccc(S(=O)(=O)Nc3ccccc3Cl)cc2)cn1. The van der Waals surface area contributed by atoms with Crippen molar-refractivity contribution >= 4 is 45.0 Å². The number of hydrogen-bond acceptors (Lipinski definition) is 5. The zero-order valence-corrected chi connectivity index (χ0v) is 19.4. The minimum atomic E-state index is -3.79. The van der Waals surface area contributed by atoms with E-state index in [0.717, 1.165) is 0 Å². The quantitative estimate of drug-likeness (QED) is 0.500. The second kappa shape index (κ2) is 9.50. The van der Waals surface area contributed by atoms with Crippen molar-refractivity contribution in [1.29, 1.82) is 0 Å². The monoisotopic (exact) mass is 470 g/mol. The molecule has 1 amide bonds. The minimum Gasteiger partial charge on any atom is -0.320 e. The predicted molar refractivity (Wildman–Crippen MR) is 127 cm³/mol. The van der Waals surface area contributed by atoms with E-state index in [1.54, 1.807) is 54.9 Å². The van der Waals surface area contributed by atoms with Crippen LogP contribution in [0.4, 0.5) is 11.4 Å². The molecule has 1 heterocycles. The van der Waals surface area contributed by atoms with Crippen LogP contribution in [0.2, 0.25) is 5.02 Å². The van der Waals surface area contributed by atoms with Crippen molar-refractivity contribution in [2.75, 3.05) is 10.0 Å². The van der Waals surface area contributed by atoms with Crippen molar-refractivity contribution in [3.8, 4) is 0 Å². The van der Waals surface area contributed by atoms with Crippen LogP contribution in [0, 0.1) is 0 Å². The number of carbonyl (C=O) groups is 1. The van der Waals surface area contributed by atoms with Crippen molar-refractivity contribution in [3.63, 3.8) is 0 Å². The first kappa shape index (κ1) is 23.4. The first-order valence-corrected chi connectivity index (χ1v) is 11.6. The Kier molecular flexibility index (Phi) is 6.96. The molecule has 0 bridgehead atoms. The Balaban J connectivity index is 1.63. The number of nitrogens with one attached hydrogen (secondary N) is 2. The van der Waals surface area contributed by atoms with Crippen molar-refractivity contribution in [3.05, 3.63) is 83.4 Å². The Morgan fingerprint density at radius 2 is 1.62 bits per heavy atom. The van der Waals surface area contributed by atoms with Crippen molar-refractivity contribution in [2.24, 2.45) is 0 Å². The van der Waals surface area contributed by atoms with Gasteiger partial charge in [-0.25, -0.2) is 18.4 Å². The van der Waals surface area contributed by atoms with Crippen LogP contribution >= 0.6 is 11.6 Å². The van der Waals surface area contributed by atoms with E-state index in [9.17, 15) is 13.2 Å². The fourth-order valence-corrected chi connectivity index (χ4v) is 3.96. The van der Waals surface area contributed by atoms with Crippen molar-refractivity contribution in [2.45, 2.75) is 31.1 Å². The van der Waals surface area contributed by atoms with Crippen LogP contribution in [0.3, 0.4) is 0 Å². The third-order valence-electron chi connectivity index (χ3n) is 4.33. The number of aromatic nitrogens is 2. The van der Waals surface area contributed by atoms with E-state index in [1.807, 2.05) is 20.8 Å². The molecule has 0 atom stereocenters. The van der Waals surface area contributed by atoms with E-state index in [2.05, 4.69) is 20.0 Å². The summed E-state index contributed by atoms with van der Waals surface area (Å²) in [5, 5.41) is 3.00. The van der Waals surface area contributed by atoms with Crippen LogP contribution in [-0.4, -0.2) is 24.3 Å². The van der Waals surface area contributed by atoms with Gasteiger partial charge in [0.2, 0.25) is 5.91 Å². The molecule has 0 spiro atoms. The second-order valence-corrected chi connectivity index (χ2v) is 10.1. The van der Waals surface area contributed by atoms with E-state index < -0.39 is 10.0 Å². The van der Waals surface area contributed by atoms with Crippen LogP contribution in [0.1, 0.15) is 32.2 Å². The molecule has 1 aromatic heterocycles. The molecule has 3 aromatic rings. The van der Waals surface area contributed by atoms with Crippen molar-refractivity contribution in [1.82, 2.24) is 9.97 Å². The summed E-state index contributed by atoms with van der Waals surface area (Å²) in [5.74, 6) is 0.333. The summed E-state index contributed by atoms with van der Waals surface area (Å²) in [6.07, 6.45) is 6.05. The zero-order valence-electron chi connectivity index (χ0n) is 17.8. The van der Waals surface area contributed by atoms with E-state index in [0.29, 0.717) is 27.8 Å². The lowest BCUT2D eigenvalue weighted by Gasteiger charge is -2.16. The van der Waals surface area contributed by atoms with E-state index in [1.165, 1.54) is 18.2 Å². The smallest absolute Gasteiger partial charge is 0.261 e. The summed E-state index contributed by atoms with van der Waals surface area (Å²) < 4.78 is 27.6.